The zero-order chi connectivity index (χ0) is 28.1. The summed E-state index contributed by atoms with van der Waals surface area (Å²) >= 11 is 0. The summed E-state index contributed by atoms with van der Waals surface area (Å²) in [6.45, 7) is 21.7. The molecule has 4 aromatic rings. The van der Waals surface area contributed by atoms with E-state index >= 15 is 0 Å². The maximum Gasteiger partial charge on any atom is 2.00 e. The third-order valence-electron chi connectivity index (χ3n) is 6.08. The molecule has 0 fully saturated rings. The first kappa shape index (κ1) is 32.6. The van der Waals surface area contributed by atoms with Gasteiger partial charge in [0, 0.05) is 46.0 Å². The van der Waals surface area contributed by atoms with Gasteiger partial charge in [-0.25, -0.2) is 0 Å². The van der Waals surface area contributed by atoms with Crippen LogP contribution in [0, 0.1) is 11.8 Å². The number of nitrogens with zero attached hydrogens (tertiary/aromatic N) is 6. The Morgan fingerprint density at radius 3 is 1.21 bits per heavy atom. The van der Waals surface area contributed by atoms with E-state index in [4.69, 9.17) is 0 Å². The molecular formula is C32H44N6Pt. The topological polar surface area (TPSA) is 79.8 Å². The van der Waals surface area contributed by atoms with Crippen LogP contribution in [0.15, 0.2) is 48.8 Å². The van der Waals surface area contributed by atoms with Crippen LogP contribution in [-0.4, -0.2) is 20.2 Å². The van der Waals surface area contributed by atoms with Gasteiger partial charge in [-0.2, -0.15) is 0 Å². The summed E-state index contributed by atoms with van der Waals surface area (Å²) in [6.07, 6.45) is 6.02. The van der Waals surface area contributed by atoms with Gasteiger partial charge in [0.15, 0.2) is 0 Å². The molecule has 0 atom stereocenters. The summed E-state index contributed by atoms with van der Waals surface area (Å²) in [5.41, 5.74) is 8.15. The number of aromatic nitrogens is 6. The van der Waals surface area contributed by atoms with Gasteiger partial charge in [0.1, 0.15) is 0 Å². The Hall–Kier alpha value is -2.59. The summed E-state index contributed by atoms with van der Waals surface area (Å²) in [5, 5.41) is 17.0. The van der Waals surface area contributed by atoms with Crippen molar-refractivity contribution in [3.63, 3.8) is 0 Å². The fourth-order valence-electron chi connectivity index (χ4n) is 3.91. The zero-order valence-corrected chi connectivity index (χ0v) is 27.5. The molecule has 0 radical (unpaired) electrons. The molecule has 4 rings (SSSR count). The van der Waals surface area contributed by atoms with E-state index in [1.54, 1.807) is 0 Å². The van der Waals surface area contributed by atoms with Gasteiger partial charge in [0.05, 0.1) is 0 Å². The Morgan fingerprint density at radius 1 is 0.615 bits per heavy atom. The Kier molecular flexibility index (Phi) is 11.4. The van der Waals surface area contributed by atoms with Crippen molar-refractivity contribution in [1.82, 2.24) is 30.4 Å². The average Bonchev–Trinajstić information content (AvgIpc) is 3.50. The quantitative estimate of drug-likeness (QED) is 0.211. The van der Waals surface area contributed by atoms with Crippen LogP contribution >= 0.6 is 0 Å². The molecule has 0 bridgehead atoms. The van der Waals surface area contributed by atoms with Gasteiger partial charge in [-0.15, -0.1) is 0 Å². The second-order valence-electron chi connectivity index (χ2n) is 13.0. The normalized spacial score (nSPS) is 11.8. The summed E-state index contributed by atoms with van der Waals surface area (Å²) in [7, 11) is 0. The van der Waals surface area contributed by atoms with Crippen molar-refractivity contribution in [2.24, 2.45) is 11.8 Å². The first-order chi connectivity index (χ1) is 17.7. The molecule has 39 heavy (non-hydrogen) atoms. The maximum atomic E-state index is 4.49. The molecule has 0 N–H and O–H groups in total. The van der Waals surface area contributed by atoms with Crippen LogP contribution in [0.25, 0.3) is 22.8 Å². The van der Waals surface area contributed by atoms with Gasteiger partial charge in [-0.3, -0.25) is 9.97 Å². The van der Waals surface area contributed by atoms with E-state index in [0.717, 1.165) is 47.0 Å². The number of rotatable bonds is 6. The minimum atomic E-state index is 0. The van der Waals surface area contributed by atoms with Crippen LogP contribution in [-0.2, 0) is 44.7 Å². The van der Waals surface area contributed by atoms with Crippen molar-refractivity contribution in [2.45, 2.75) is 92.9 Å². The predicted molar refractivity (Wildman–Crippen MR) is 156 cm³/mol. The number of hydrogen-bond acceptors (Lipinski definition) is 4. The van der Waals surface area contributed by atoms with E-state index in [-0.39, 0.29) is 31.9 Å². The van der Waals surface area contributed by atoms with Gasteiger partial charge in [0.25, 0.3) is 0 Å². The SMILES string of the molecule is CC(C)Cc1ccc(-c2cc(C(C)(C)C)n[n-]2)nc1.CC(C)Cc1ccc(-c2cc(C(C)(C)C)n[n-]2)nc1.[Pt+2]. The molecule has 4 heterocycles. The minimum absolute atomic E-state index is 0. The molecule has 6 nitrogen and oxygen atoms in total. The number of pyridine rings is 2. The summed E-state index contributed by atoms with van der Waals surface area (Å²) in [6, 6.07) is 12.4. The second-order valence-corrected chi connectivity index (χ2v) is 13.0. The fourth-order valence-corrected chi connectivity index (χ4v) is 3.91. The number of hydrogen-bond donors (Lipinski definition) is 0. The monoisotopic (exact) mass is 707 g/mol. The van der Waals surface area contributed by atoms with Crippen LogP contribution < -0.4 is 10.2 Å². The van der Waals surface area contributed by atoms with Crippen molar-refractivity contribution in [3.05, 3.63) is 71.3 Å². The van der Waals surface area contributed by atoms with Crippen LogP contribution in [0.1, 0.15) is 91.8 Å². The van der Waals surface area contributed by atoms with Crippen LogP contribution in [0.3, 0.4) is 0 Å². The summed E-state index contributed by atoms with van der Waals surface area (Å²) in [4.78, 5) is 8.99. The minimum Gasteiger partial charge on any atom is -0.573 e. The van der Waals surface area contributed by atoms with Gasteiger partial charge in [-0.05, 0) is 47.9 Å². The van der Waals surface area contributed by atoms with Gasteiger partial charge in [0.2, 0.25) is 0 Å². The van der Waals surface area contributed by atoms with Gasteiger partial charge in [-0.1, -0.05) is 105 Å². The molecule has 0 aliphatic carbocycles. The third kappa shape index (κ3) is 9.83. The second kappa shape index (κ2) is 13.7. The molecule has 0 saturated carbocycles. The maximum absolute atomic E-state index is 4.49. The Morgan fingerprint density at radius 2 is 0.974 bits per heavy atom. The average molecular weight is 708 g/mol. The zero-order valence-electron chi connectivity index (χ0n) is 25.2. The van der Waals surface area contributed by atoms with E-state index in [9.17, 15) is 0 Å². The van der Waals surface area contributed by atoms with Gasteiger partial charge < -0.3 is 20.4 Å². The molecule has 212 valence electrons. The van der Waals surface area contributed by atoms with Crippen LogP contribution in [0.4, 0.5) is 0 Å². The third-order valence-corrected chi connectivity index (χ3v) is 6.08. The molecule has 0 unspecified atom stereocenters. The molecule has 7 heteroatoms. The smallest absolute Gasteiger partial charge is 0.573 e. The largest absolute Gasteiger partial charge is 2.00 e. The first-order valence-electron chi connectivity index (χ1n) is 13.6. The van der Waals surface area contributed by atoms with Crippen molar-refractivity contribution < 1.29 is 21.1 Å². The predicted octanol–water partition coefficient (Wildman–Crippen LogP) is 7.19. The van der Waals surface area contributed by atoms with Crippen molar-refractivity contribution in [1.29, 1.82) is 0 Å². The molecule has 0 aliphatic heterocycles. The Bertz CT molecular complexity index is 1170. The molecule has 0 aromatic carbocycles. The van der Waals surface area contributed by atoms with E-state index in [2.05, 4.69) is 112 Å². The van der Waals surface area contributed by atoms with Crippen molar-refractivity contribution in [2.75, 3.05) is 0 Å². The Labute approximate surface area is 249 Å². The first-order valence-corrected chi connectivity index (χ1v) is 13.6. The standard InChI is InChI=1S/2C16H22N3.Pt/c2*1-11(2)8-12-6-7-13(17-10-12)14-9-15(19-18-14)16(3,4)5;/h2*6-7,9-11H,8H2,1-5H3;/q2*-1;+2. The molecule has 0 spiro atoms. The van der Waals surface area contributed by atoms with E-state index in [0.29, 0.717) is 11.8 Å². The fraction of sp³-hybridized carbons (Fsp3) is 0.500. The molecule has 0 aliphatic rings. The Balaban J connectivity index is 0.000000267. The summed E-state index contributed by atoms with van der Waals surface area (Å²) in [5.74, 6) is 1.30. The van der Waals surface area contributed by atoms with Gasteiger partial charge >= 0.3 is 21.1 Å². The molecule has 4 aromatic heterocycles. The summed E-state index contributed by atoms with van der Waals surface area (Å²) < 4.78 is 0. The molecule has 0 amide bonds. The molecule has 0 saturated heterocycles. The molecular weight excluding hydrogens is 663 g/mol. The van der Waals surface area contributed by atoms with Crippen LogP contribution in [0.5, 0.6) is 0 Å². The van der Waals surface area contributed by atoms with Crippen LogP contribution in [0.2, 0.25) is 0 Å². The van der Waals surface area contributed by atoms with Crippen molar-refractivity contribution in [3.8, 4) is 22.8 Å². The van der Waals surface area contributed by atoms with E-state index in [1.165, 1.54) is 11.1 Å². The van der Waals surface area contributed by atoms with E-state index in [1.807, 2.05) is 36.7 Å². The van der Waals surface area contributed by atoms with Crippen molar-refractivity contribution >= 4 is 0 Å². The van der Waals surface area contributed by atoms with E-state index < -0.39 is 0 Å².